The van der Waals surface area contributed by atoms with Crippen molar-refractivity contribution in [2.24, 2.45) is 5.84 Å². The third kappa shape index (κ3) is 3.24. The summed E-state index contributed by atoms with van der Waals surface area (Å²) in [6, 6.07) is 4.42. The summed E-state index contributed by atoms with van der Waals surface area (Å²) in [6.07, 6.45) is 3.46. The van der Waals surface area contributed by atoms with Crippen LogP contribution in [0.2, 0.25) is 0 Å². The van der Waals surface area contributed by atoms with Gasteiger partial charge >= 0.3 is 0 Å². The number of nitro groups is 1. The number of nitrogens with zero attached hydrogens (tertiary/aromatic N) is 2. The molecule has 1 heterocycles. The number of rotatable bonds is 4. The highest BCUT2D eigenvalue weighted by Gasteiger charge is 2.19. The number of amides is 1. The number of anilines is 1. The normalized spacial score (nSPS) is 15.8. The van der Waals surface area contributed by atoms with Gasteiger partial charge in [0, 0.05) is 37.2 Å². The van der Waals surface area contributed by atoms with E-state index in [1.165, 1.54) is 12.1 Å². The van der Waals surface area contributed by atoms with Gasteiger partial charge < -0.3 is 10.3 Å². The summed E-state index contributed by atoms with van der Waals surface area (Å²) in [5.74, 6) is 5.52. The highest BCUT2D eigenvalue weighted by molar-refractivity contribution is 5.76. The molecule has 0 bridgehead atoms. The number of nitrogens with one attached hydrogen (secondary N) is 1. The van der Waals surface area contributed by atoms with Crippen LogP contribution in [0, 0.1) is 10.1 Å². The van der Waals surface area contributed by atoms with Gasteiger partial charge in [0.2, 0.25) is 5.91 Å². The van der Waals surface area contributed by atoms with Gasteiger partial charge in [-0.05, 0) is 18.9 Å². The van der Waals surface area contributed by atoms with E-state index in [-0.39, 0.29) is 11.6 Å². The molecule has 0 aliphatic carbocycles. The number of hydrogen-bond acceptors (Lipinski definition) is 5. The Hall–Kier alpha value is -2.15. The van der Waals surface area contributed by atoms with Crippen molar-refractivity contribution in [3.63, 3.8) is 0 Å². The average Bonchev–Trinajstić information content (AvgIpc) is 2.64. The Morgan fingerprint density at radius 3 is 2.85 bits per heavy atom. The number of non-ortho nitro benzene ring substituents is 1. The minimum atomic E-state index is -0.450. The lowest BCUT2D eigenvalue weighted by Crippen LogP contribution is -2.30. The zero-order valence-electron chi connectivity index (χ0n) is 11.2. The number of hydrazine groups is 1. The number of nitrogen functional groups attached to an aromatic ring is 1. The SMILES string of the molecule is NNc1ccc([N+](=O)[O-])cc1CN1CCCCCC1=O. The Balaban J connectivity index is 2.23. The molecule has 0 unspecified atom stereocenters. The van der Waals surface area contributed by atoms with Gasteiger partial charge in [-0.3, -0.25) is 20.8 Å². The number of hydrogen-bond donors (Lipinski definition) is 2. The Bertz CT molecular complexity index is 518. The molecule has 1 aliphatic heterocycles. The van der Waals surface area contributed by atoms with Crippen LogP contribution in [0.1, 0.15) is 31.2 Å². The van der Waals surface area contributed by atoms with Crippen LogP contribution in [0.4, 0.5) is 11.4 Å². The molecule has 7 nitrogen and oxygen atoms in total. The average molecular weight is 278 g/mol. The number of carbonyl (C=O) groups is 1. The van der Waals surface area contributed by atoms with Crippen molar-refractivity contribution in [2.45, 2.75) is 32.2 Å². The minimum Gasteiger partial charge on any atom is -0.338 e. The Labute approximate surface area is 116 Å². The van der Waals surface area contributed by atoms with E-state index in [2.05, 4.69) is 5.43 Å². The summed E-state index contributed by atoms with van der Waals surface area (Å²) in [4.78, 5) is 24.1. The van der Waals surface area contributed by atoms with Gasteiger partial charge in [-0.1, -0.05) is 6.42 Å². The summed E-state index contributed by atoms with van der Waals surface area (Å²) in [5.41, 5.74) is 3.79. The monoisotopic (exact) mass is 278 g/mol. The Morgan fingerprint density at radius 2 is 2.15 bits per heavy atom. The molecule has 1 aromatic rings. The predicted octanol–water partition coefficient (Wildman–Crippen LogP) is 1.78. The van der Waals surface area contributed by atoms with Gasteiger partial charge in [0.05, 0.1) is 10.6 Å². The maximum atomic E-state index is 12.0. The van der Waals surface area contributed by atoms with Gasteiger partial charge in [-0.2, -0.15) is 0 Å². The van der Waals surface area contributed by atoms with Crippen molar-refractivity contribution in [1.82, 2.24) is 4.90 Å². The smallest absolute Gasteiger partial charge is 0.269 e. The topological polar surface area (TPSA) is 102 Å². The quantitative estimate of drug-likeness (QED) is 0.496. The second-order valence-electron chi connectivity index (χ2n) is 4.87. The Morgan fingerprint density at radius 1 is 1.35 bits per heavy atom. The van der Waals surface area contributed by atoms with Crippen LogP contribution in [-0.2, 0) is 11.3 Å². The summed E-state index contributed by atoms with van der Waals surface area (Å²) in [7, 11) is 0. The third-order valence-corrected chi connectivity index (χ3v) is 3.49. The van der Waals surface area contributed by atoms with E-state index in [4.69, 9.17) is 5.84 Å². The fourth-order valence-electron chi connectivity index (χ4n) is 2.38. The summed E-state index contributed by atoms with van der Waals surface area (Å²) >= 11 is 0. The van der Waals surface area contributed by atoms with E-state index in [1.807, 2.05) is 0 Å². The number of likely N-dealkylation sites (tertiary alicyclic amines) is 1. The van der Waals surface area contributed by atoms with E-state index in [0.29, 0.717) is 30.8 Å². The molecule has 1 saturated heterocycles. The fourth-order valence-corrected chi connectivity index (χ4v) is 2.38. The lowest BCUT2D eigenvalue weighted by atomic mass is 10.1. The molecular weight excluding hydrogens is 260 g/mol. The number of nitrogens with two attached hydrogens (primary N) is 1. The van der Waals surface area contributed by atoms with Gasteiger partial charge in [0.1, 0.15) is 0 Å². The van der Waals surface area contributed by atoms with Crippen LogP contribution in [0.5, 0.6) is 0 Å². The number of benzene rings is 1. The van der Waals surface area contributed by atoms with E-state index in [9.17, 15) is 14.9 Å². The molecule has 1 amide bonds. The highest BCUT2D eigenvalue weighted by Crippen LogP contribution is 2.24. The van der Waals surface area contributed by atoms with Gasteiger partial charge in [0.15, 0.2) is 0 Å². The first-order chi connectivity index (χ1) is 9.61. The predicted molar refractivity (Wildman–Crippen MR) is 74.8 cm³/mol. The second kappa shape index (κ2) is 6.33. The van der Waals surface area contributed by atoms with Crippen molar-refractivity contribution in [3.8, 4) is 0 Å². The first-order valence-corrected chi connectivity index (χ1v) is 6.63. The molecule has 0 saturated carbocycles. The Kier molecular flexibility index (Phi) is 4.52. The molecule has 0 aromatic heterocycles. The van der Waals surface area contributed by atoms with E-state index >= 15 is 0 Å². The van der Waals surface area contributed by atoms with Crippen molar-refractivity contribution in [3.05, 3.63) is 33.9 Å². The fraction of sp³-hybridized carbons (Fsp3) is 0.462. The van der Waals surface area contributed by atoms with Crippen molar-refractivity contribution in [2.75, 3.05) is 12.0 Å². The number of carbonyl (C=O) groups excluding carboxylic acids is 1. The van der Waals surface area contributed by atoms with Crippen LogP contribution in [-0.4, -0.2) is 22.3 Å². The molecule has 2 rings (SSSR count). The third-order valence-electron chi connectivity index (χ3n) is 3.49. The van der Waals surface area contributed by atoms with Crippen LogP contribution < -0.4 is 11.3 Å². The van der Waals surface area contributed by atoms with Crippen LogP contribution in [0.3, 0.4) is 0 Å². The van der Waals surface area contributed by atoms with Crippen molar-refractivity contribution in [1.29, 1.82) is 0 Å². The molecular formula is C13H18N4O3. The standard InChI is InChI=1S/C13H18N4O3/c14-15-12-6-5-11(17(19)20)8-10(12)9-16-7-3-1-2-4-13(16)18/h5-6,8,15H,1-4,7,9,14H2. The molecule has 0 atom stereocenters. The zero-order chi connectivity index (χ0) is 14.5. The van der Waals surface area contributed by atoms with Gasteiger partial charge in [-0.25, -0.2) is 0 Å². The molecule has 0 spiro atoms. The highest BCUT2D eigenvalue weighted by atomic mass is 16.6. The lowest BCUT2D eigenvalue weighted by Gasteiger charge is -2.21. The summed E-state index contributed by atoms with van der Waals surface area (Å²) in [6.45, 7) is 1.03. The van der Waals surface area contributed by atoms with Crippen LogP contribution in [0.15, 0.2) is 18.2 Å². The molecule has 1 aromatic carbocycles. The molecule has 20 heavy (non-hydrogen) atoms. The van der Waals surface area contributed by atoms with Crippen molar-refractivity contribution >= 4 is 17.3 Å². The first kappa shape index (κ1) is 14.3. The van der Waals surface area contributed by atoms with E-state index in [1.54, 1.807) is 11.0 Å². The van der Waals surface area contributed by atoms with Crippen LogP contribution in [0.25, 0.3) is 0 Å². The molecule has 3 N–H and O–H groups in total. The minimum absolute atomic E-state index is 0.00118. The van der Waals surface area contributed by atoms with Crippen LogP contribution >= 0.6 is 0 Å². The summed E-state index contributed by atoms with van der Waals surface area (Å²) < 4.78 is 0. The van der Waals surface area contributed by atoms with Crippen molar-refractivity contribution < 1.29 is 9.72 Å². The van der Waals surface area contributed by atoms with E-state index in [0.717, 1.165) is 19.3 Å². The van der Waals surface area contributed by atoms with E-state index < -0.39 is 4.92 Å². The maximum Gasteiger partial charge on any atom is 0.269 e. The summed E-state index contributed by atoms with van der Waals surface area (Å²) in [5, 5.41) is 10.8. The van der Waals surface area contributed by atoms with Gasteiger partial charge in [0.25, 0.3) is 5.69 Å². The molecule has 1 aliphatic rings. The largest absolute Gasteiger partial charge is 0.338 e. The number of nitro benzene ring substituents is 1. The second-order valence-corrected chi connectivity index (χ2v) is 4.87. The lowest BCUT2D eigenvalue weighted by molar-refractivity contribution is -0.384. The maximum absolute atomic E-state index is 12.0. The molecule has 108 valence electrons. The molecule has 1 fully saturated rings. The zero-order valence-corrected chi connectivity index (χ0v) is 11.2. The molecule has 7 heteroatoms. The van der Waals surface area contributed by atoms with Gasteiger partial charge in [-0.15, -0.1) is 0 Å². The first-order valence-electron chi connectivity index (χ1n) is 6.63. The molecule has 0 radical (unpaired) electrons.